The summed E-state index contributed by atoms with van der Waals surface area (Å²) in [5, 5.41) is 5.65. The van der Waals surface area contributed by atoms with Crippen LogP contribution in [0.5, 0.6) is 0 Å². The molecule has 6 nitrogen and oxygen atoms in total. The third kappa shape index (κ3) is 3.61. The molecule has 4 rings (SSSR count). The molecule has 0 fully saturated rings. The minimum Gasteiger partial charge on any atom is -0.322 e. The van der Waals surface area contributed by atoms with Crippen molar-refractivity contribution < 1.29 is 9.59 Å². The van der Waals surface area contributed by atoms with Gasteiger partial charge in [0, 0.05) is 18.1 Å². The van der Waals surface area contributed by atoms with E-state index in [1.807, 2.05) is 55.6 Å². The minimum atomic E-state index is -0.375. The molecule has 2 aromatic carbocycles. The fraction of sp³-hybridized carbons (Fsp3) is 0.0455. The zero-order chi connectivity index (χ0) is 19.5. The molecule has 0 spiro atoms. The number of anilines is 2. The smallest absolute Gasteiger partial charge is 0.275 e. The van der Waals surface area contributed by atoms with E-state index < -0.39 is 0 Å². The summed E-state index contributed by atoms with van der Waals surface area (Å²) >= 11 is 0. The number of fused-ring (bicyclic) bond motifs is 1. The number of para-hydroxylation sites is 1. The summed E-state index contributed by atoms with van der Waals surface area (Å²) in [5.41, 5.74) is 3.51. The minimum absolute atomic E-state index is 0.278. The molecule has 0 atom stereocenters. The average Bonchev–Trinajstić information content (AvgIpc) is 3.13. The van der Waals surface area contributed by atoms with Crippen molar-refractivity contribution in [2.45, 2.75) is 6.92 Å². The first-order chi connectivity index (χ1) is 13.6. The third-order valence-electron chi connectivity index (χ3n) is 4.29. The average molecular weight is 370 g/mol. The summed E-state index contributed by atoms with van der Waals surface area (Å²) in [6.45, 7) is 1.96. The monoisotopic (exact) mass is 370 g/mol. The highest BCUT2D eigenvalue weighted by Gasteiger charge is 2.16. The largest absolute Gasteiger partial charge is 0.322 e. The van der Waals surface area contributed by atoms with E-state index in [1.165, 1.54) is 0 Å². The van der Waals surface area contributed by atoms with Crippen LogP contribution in [0.25, 0.3) is 5.65 Å². The Labute approximate surface area is 161 Å². The van der Waals surface area contributed by atoms with Crippen molar-refractivity contribution in [1.82, 2.24) is 9.38 Å². The maximum Gasteiger partial charge on any atom is 0.275 e. The van der Waals surface area contributed by atoms with Gasteiger partial charge in [0.2, 0.25) is 0 Å². The zero-order valence-corrected chi connectivity index (χ0v) is 15.2. The lowest BCUT2D eigenvalue weighted by Crippen LogP contribution is -2.18. The number of rotatable bonds is 4. The van der Waals surface area contributed by atoms with Gasteiger partial charge in [-0.3, -0.25) is 9.59 Å². The number of nitrogens with one attached hydrogen (secondary N) is 2. The predicted molar refractivity (Wildman–Crippen MR) is 109 cm³/mol. The molecular formula is C22H18N4O2. The topological polar surface area (TPSA) is 75.5 Å². The van der Waals surface area contributed by atoms with Crippen LogP contribution in [0, 0.1) is 6.92 Å². The van der Waals surface area contributed by atoms with E-state index in [1.54, 1.807) is 34.9 Å². The van der Waals surface area contributed by atoms with E-state index in [0.717, 1.165) is 5.56 Å². The van der Waals surface area contributed by atoms with Gasteiger partial charge in [-0.05, 0) is 48.9 Å². The Morgan fingerprint density at radius 3 is 2.54 bits per heavy atom. The molecule has 2 aromatic heterocycles. The standard InChI is InChI=1S/C22H18N4O2/c1-15-7-6-8-16(13-15)23-21(27)17-9-2-3-10-18(17)25-22(28)19-14-26-12-5-4-11-20(26)24-19/h2-14H,1H3,(H,23,27)(H,25,28). The number of amides is 2. The Bertz CT molecular complexity index is 1150. The molecule has 0 saturated heterocycles. The molecule has 0 saturated carbocycles. The molecule has 138 valence electrons. The van der Waals surface area contributed by atoms with Crippen molar-refractivity contribution in [3.8, 4) is 0 Å². The lowest BCUT2D eigenvalue weighted by Gasteiger charge is -2.11. The molecule has 0 aliphatic heterocycles. The molecule has 4 aromatic rings. The highest BCUT2D eigenvalue weighted by Crippen LogP contribution is 2.19. The van der Waals surface area contributed by atoms with Gasteiger partial charge in [-0.1, -0.05) is 30.3 Å². The molecule has 2 amide bonds. The Morgan fingerprint density at radius 1 is 0.893 bits per heavy atom. The van der Waals surface area contributed by atoms with Crippen molar-refractivity contribution in [1.29, 1.82) is 0 Å². The van der Waals surface area contributed by atoms with Crippen molar-refractivity contribution >= 4 is 28.8 Å². The van der Waals surface area contributed by atoms with Crippen molar-refractivity contribution in [3.63, 3.8) is 0 Å². The molecule has 0 aliphatic rings. The van der Waals surface area contributed by atoms with Gasteiger partial charge < -0.3 is 15.0 Å². The predicted octanol–water partition coefficient (Wildman–Crippen LogP) is 4.15. The second-order valence-corrected chi connectivity index (χ2v) is 6.42. The number of aryl methyl sites for hydroxylation is 1. The van der Waals surface area contributed by atoms with Crippen molar-refractivity contribution in [2.75, 3.05) is 10.6 Å². The van der Waals surface area contributed by atoms with Gasteiger partial charge in [-0.2, -0.15) is 0 Å². The first kappa shape index (κ1) is 17.5. The van der Waals surface area contributed by atoms with E-state index in [0.29, 0.717) is 22.6 Å². The van der Waals surface area contributed by atoms with E-state index in [2.05, 4.69) is 15.6 Å². The number of carbonyl (C=O) groups is 2. The van der Waals surface area contributed by atoms with Crippen LogP contribution in [0.3, 0.4) is 0 Å². The van der Waals surface area contributed by atoms with Crippen LogP contribution in [-0.4, -0.2) is 21.2 Å². The van der Waals surface area contributed by atoms with E-state index in [-0.39, 0.29) is 17.5 Å². The maximum atomic E-state index is 12.7. The van der Waals surface area contributed by atoms with Crippen molar-refractivity contribution in [3.05, 3.63) is 95.9 Å². The van der Waals surface area contributed by atoms with Crippen molar-refractivity contribution in [2.24, 2.45) is 0 Å². The van der Waals surface area contributed by atoms with Gasteiger partial charge in [0.25, 0.3) is 11.8 Å². The van der Waals surface area contributed by atoms with E-state index >= 15 is 0 Å². The number of imidazole rings is 1. The number of hydrogen-bond donors (Lipinski definition) is 2. The number of benzene rings is 2. The first-order valence-corrected chi connectivity index (χ1v) is 8.82. The summed E-state index contributed by atoms with van der Waals surface area (Å²) in [7, 11) is 0. The number of carbonyl (C=O) groups excluding carboxylic acids is 2. The van der Waals surface area contributed by atoms with Gasteiger partial charge in [-0.15, -0.1) is 0 Å². The summed E-state index contributed by atoms with van der Waals surface area (Å²) in [5.74, 6) is -0.670. The Morgan fingerprint density at radius 2 is 1.71 bits per heavy atom. The highest BCUT2D eigenvalue weighted by atomic mass is 16.2. The second-order valence-electron chi connectivity index (χ2n) is 6.42. The number of hydrogen-bond acceptors (Lipinski definition) is 3. The summed E-state index contributed by atoms with van der Waals surface area (Å²) in [6, 6.07) is 20.0. The number of aromatic nitrogens is 2. The van der Waals surface area contributed by atoms with Crippen LogP contribution in [0.4, 0.5) is 11.4 Å². The van der Waals surface area contributed by atoms with Crippen LogP contribution in [-0.2, 0) is 0 Å². The molecule has 6 heteroatoms. The molecule has 0 unspecified atom stereocenters. The van der Waals surface area contributed by atoms with Crippen LogP contribution in [0.1, 0.15) is 26.4 Å². The quantitative estimate of drug-likeness (QED) is 0.567. The molecule has 28 heavy (non-hydrogen) atoms. The summed E-state index contributed by atoms with van der Waals surface area (Å²) in [6.07, 6.45) is 3.47. The lowest BCUT2D eigenvalue weighted by atomic mass is 10.1. The molecule has 0 radical (unpaired) electrons. The van der Waals surface area contributed by atoms with Crippen LogP contribution >= 0.6 is 0 Å². The fourth-order valence-electron chi connectivity index (χ4n) is 2.94. The zero-order valence-electron chi connectivity index (χ0n) is 15.2. The van der Waals surface area contributed by atoms with Gasteiger partial charge >= 0.3 is 0 Å². The first-order valence-electron chi connectivity index (χ1n) is 8.82. The Kier molecular flexibility index (Phi) is 4.60. The summed E-state index contributed by atoms with van der Waals surface area (Å²) in [4.78, 5) is 29.7. The van der Waals surface area contributed by atoms with Crippen LogP contribution in [0.15, 0.2) is 79.1 Å². The Hall–Kier alpha value is -3.93. The summed E-state index contributed by atoms with van der Waals surface area (Å²) < 4.78 is 1.77. The van der Waals surface area contributed by atoms with E-state index in [4.69, 9.17) is 0 Å². The lowest BCUT2D eigenvalue weighted by molar-refractivity contribution is 0.102. The van der Waals surface area contributed by atoms with Gasteiger partial charge in [0.1, 0.15) is 11.3 Å². The molecule has 0 bridgehead atoms. The fourth-order valence-corrected chi connectivity index (χ4v) is 2.94. The SMILES string of the molecule is Cc1cccc(NC(=O)c2ccccc2NC(=O)c2cn3ccccc3n2)c1. The van der Waals surface area contributed by atoms with Crippen LogP contribution in [0.2, 0.25) is 0 Å². The molecule has 0 aliphatic carbocycles. The number of nitrogens with zero attached hydrogens (tertiary/aromatic N) is 2. The molecule has 2 heterocycles. The maximum absolute atomic E-state index is 12.7. The molecular weight excluding hydrogens is 352 g/mol. The van der Waals surface area contributed by atoms with E-state index in [9.17, 15) is 9.59 Å². The molecule has 2 N–H and O–H groups in total. The van der Waals surface area contributed by atoms with Gasteiger partial charge in [-0.25, -0.2) is 4.98 Å². The normalized spacial score (nSPS) is 10.6. The van der Waals surface area contributed by atoms with Gasteiger partial charge in [0.15, 0.2) is 0 Å². The highest BCUT2D eigenvalue weighted by molar-refractivity contribution is 6.12. The Balaban J connectivity index is 1.57. The number of pyridine rings is 1. The third-order valence-corrected chi connectivity index (χ3v) is 4.29. The van der Waals surface area contributed by atoms with Crippen LogP contribution < -0.4 is 10.6 Å². The second kappa shape index (κ2) is 7.36. The van der Waals surface area contributed by atoms with Gasteiger partial charge in [0.05, 0.1) is 11.3 Å².